The molecule has 37 heavy (non-hydrogen) atoms. The highest BCUT2D eigenvalue weighted by atomic mass is 32.1. The van der Waals surface area contributed by atoms with Crippen LogP contribution in [0.15, 0.2) is 85.2 Å². The number of benzene rings is 2. The second kappa shape index (κ2) is 10.1. The van der Waals surface area contributed by atoms with Gasteiger partial charge >= 0.3 is 0 Å². The summed E-state index contributed by atoms with van der Waals surface area (Å²) in [6, 6.07) is 21.7. The largest absolute Gasteiger partial charge is 0.351 e. The van der Waals surface area contributed by atoms with Crippen LogP contribution < -0.4 is 15.5 Å². The van der Waals surface area contributed by atoms with Crippen LogP contribution >= 0.6 is 12.2 Å². The van der Waals surface area contributed by atoms with Crippen molar-refractivity contribution in [1.29, 1.82) is 0 Å². The first-order valence-electron chi connectivity index (χ1n) is 12.2. The van der Waals surface area contributed by atoms with Crippen molar-refractivity contribution >= 4 is 34.6 Å². The Hall–Kier alpha value is -4.04. The van der Waals surface area contributed by atoms with Crippen LogP contribution in [0.4, 0.5) is 15.8 Å². The minimum absolute atomic E-state index is 0.0370. The molecule has 0 bridgehead atoms. The molecule has 3 heterocycles. The van der Waals surface area contributed by atoms with Crippen molar-refractivity contribution in [3.63, 3.8) is 0 Å². The lowest BCUT2D eigenvalue weighted by Gasteiger charge is -2.29. The standard InChI is InChI=1S/C29H28FN5OS/c1-18(2)28(36)32-22-14-13-20(17-19(22)3)35-27(26(33-29(35)37)23-10-6-7-15-31-23)25-12-8-16-34(25)24-11-5-4-9-21(24)30/h4-18,26-27H,1-3H3,(H,32,36)(H,33,37)/t26-,27+/m1/s1. The zero-order valence-corrected chi connectivity index (χ0v) is 21.7. The van der Waals surface area contributed by atoms with Gasteiger partial charge in [0.05, 0.1) is 17.4 Å². The summed E-state index contributed by atoms with van der Waals surface area (Å²) >= 11 is 5.85. The molecule has 1 aliphatic rings. The van der Waals surface area contributed by atoms with E-state index >= 15 is 0 Å². The molecule has 2 aromatic heterocycles. The van der Waals surface area contributed by atoms with Crippen molar-refractivity contribution in [2.45, 2.75) is 32.9 Å². The van der Waals surface area contributed by atoms with Gasteiger partial charge in [-0.1, -0.05) is 32.0 Å². The van der Waals surface area contributed by atoms with Crippen LogP contribution in [0.1, 0.15) is 42.9 Å². The lowest BCUT2D eigenvalue weighted by molar-refractivity contribution is -0.118. The quantitative estimate of drug-likeness (QED) is 0.306. The summed E-state index contributed by atoms with van der Waals surface area (Å²) in [5.74, 6) is -0.468. The van der Waals surface area contributed by atoms with Crippen LogP contribution in [0, 0.1) is 18.7 Å². The third-order valence-corrected chi connectivity index (χ3v) is 6.88. The van der Waals surface area contributed by atoms with Gasteiger partial charge in [-0.15, -0.1) is 0 Å². The zero-order chi connectivity index (χ0) is 26.1. The Labute approximate surface area is 221 Å². The van der Waals surface area contributed by atoms with Crippen molar-refractivity contribution in [2.75, 3.05) is 10.2 Å². The number of aryl methyl sites for hydroxylation is 1. The van der Waals surface area contributed by atoms with Gasteiger partial charge in [-0.3, -0.25) is 9.78 Å². The molecule has 1 fully saturated rings. The van der Waals surface area contributed by atoms with Gasteiger partial charge in [-0.2, -0.15) is 0 Å². The smallest absolute Gasteiger partial charge is 0.226 e. The number of rotatable bonds is 6. The van der Waals surface area contributed by atoms with Crippen LogP contribution in [0.3, 0.4) is 0 Å². The fraction of sp³-hybridized carbons (Fsp3) is 0.207. The van der Waals surface area contributed by atoms with Gasteiger partial charge in [0.15, 0.2) is 5.11 Å². The van der Waals surface area contributed by atoms with Crippen LogP contribution in [0.5, 0.6) is 0 Å². The molecule has 5 rings (SSSR count). The molecule has 0 aliphatic carbocycles. The number of halogens is 1. The van der Waals surface area contributed by atoms with E-state index in [1.165, 1.54) is 6.07 Å². The highest BCUT2D eigenvalue weighted by molar-refractivity contribution is 7.80. The summed E-state index contributed by atoms with van der Waals surface area (Å²) in [4.78, 5) is 18.9. The fourth-order valence-electron chi connectivity index (χ4n) is 4.65. The fourth-order valence-corrected chi connectivity index (χ4v) is 5.00. The van der Waals surface area contributed by atoms with Gasteiger partial charge in [-0.05, 0) is 79.3 Å². The summed E-state index contributed by atoms with van der Waals surface area (Å²) in [5.41, 5.74) is 4.69. The summed E-state index contributed by atoms with van der Waals surface area (Å²) in [7, 11) is 0. The van der Waals surface area contributed by atoms with Crippen molar-refractivity contribution in [3.8, 4) is 5.69 Å². The zero-order valence-electron chi connectivity index (χ0n) is 20.9. The van der Waals surface area contributed by atoms with Crippen LogP contribution in [-0.2, 0) is 4.79 Å². The lowest BCUT2D eigenvalue weighted by Crippen LogP contribution is -2.30. The number of hydrogen-bond donors (Lipinski definition) is 2. The Bertz CT molecular complexity index is 1450. The van der Waals surface area contributed by atoms with Gasteiger partial charge in [0, 0.05) is 35.4 Å². The predicted octanol–water partition coefficient (Wildman–Crippen LogP) is 6.09. The molecule has 2 atom stereocenters. The second-order valence-electron chi connectivity index (χ2n) is 9.39. The molecule has 188 valence electrons. The molecular weight excluding hydrogens is 485 g/mol. The van der Waals surface area contributed by atoms with E-state index in [0.29, 0.717) is 10.8 Å². The minimum Gasteiger partial charge on any atom is -0.351 e. The van der Waals surface area contributed by atoms with E-state index in [-0.39, 0.29) is 29.7 Å². The SMILES string of the molecule is Cc1cc(N2C(=S)N[C@H](c3ccccn3)[C@@H]2c2cccn2-c2ccccc2F)ccc1NC(=O)C(C)C. The number of nitrogens with zero attached hydrogens (tertiary/aromatic N) is 3. The molecule has 0 radical (unpaired) electrons. The summed E-state index contributed by atoms with van der Waals surface area (Å²) in [5, 5.41) is 6.98. The van der Waals surface area contributed by atoms with Crippen molar-refractivity contribution in [3.05, 3.63) is 108 Å². The Morgan fingerprint density at radius 1 is 1.08 bits per heavy atom. The third-order valence-electron chi connectivity index (χ3n) is 6.56. The molecule has 6 nitrogen and oxygen atoms in total. The first-order chi connectivity index (χ1) is 17.8. The molecule has 0 saturated carbocycles. The predicted molar refractivity (Wildman–Crippen MR) is 148 cm³/mol. The number of para-hydroxylation sites is 1. The Morgan fingerprint density at radius 2 is 1.86 bits per heavy atom. The molecule has 8 heteroatoms. The molecule has 0 unspecified atom stereocenters. The van der Waals surface area contributed by atoms with E-state index in [4.69, 9.17) is 12.2 Å². The summed E-state index contributed by atoms with van der Waals surface area (Å²) in [6.07, 6.45) is 3.62. The molecule has 4 aromatic rings. The molecule has 2 aromatic carbocycles. The Morgan fingerprint density at radius 3 is 2.57 bits per heavy atom. The van der Waals surface area contributed by atoms with Gasteiger partial charge < -0.3 is 20.1 Å². The van der Waals surface area contributed by atoms with Crippen LogP contribution in [0.25, 0.3) is 5.69 Å². The number of thiocarbonyl (C=S) groups is 1. The molecule has 1 amide bonds. The Kier molecular flexibility index (Phi) is 6.76. The minimum atomic E-state index is -0.312. The average Bonchev–Trinajstić information content (AvgIpc) is 3.50. The van der Waals surface area contributed by atoms with E-state index in [1.807, 2.05) is 91.0 Å². The Balaban J connectivity index is 1.61. The summed E-state index contributed by atoms with van der Waals surface area (Å²) in [6.45, 7) is 5.68. The van der Waals surface area contributed by atoms with Crippen LogP contribution in [0.2, 0.25) is 0 Å². The van der Waals surface area contributed by atoms with Crippen LogP contribution in [-0.4, -0.2) is 20.6 Å². The second-order valence-corrected chi connectivity index (χ2v) is 9.78. The molecule has 2 N–H and O–H groups in total. The maximum atomic E-state index is 14.9. The van der Waals surface area contributed by atoms with Gasteiger partial charge in [0.25, 0.3) is 0 Å². The van der Waals surface area contributed by atoms with E-state index in [9.17, 15) is 9.18 Å². The first-order valence-corrected chi connectivity index (χ1v) is 12.6. The van der Waals surface area contributed by atoms with Crippen molar-refractivity contribution < 1.29 is 9.18 Å². The van der Waals surface area contributed by atoms with Crippen molar-refractivity contribution in [1.82, 2.24) is 14.9 Å². The molecular formula is C29H28FN5OS. The maximum Gasteiger partial charge on any atom is 0.226 e. The number of carbonyl (C=O) groups excluding carboxylic acids is 1. The molecule has 1 saturated heterocycles. The molecule has 1 aliphatic heterocycles. The number of anilines is 2. The number of amides is 1. The number of nitrogens with one attached hydrogen (secondary N) is 2. The number of pyridine rings is 1. The van der Waals surface area contributed by atoms with Gasteiger partial charge in [0.2, 0.25) is 5.91 Å². The van der Waals surface area contributed by atoms with Crippen molar-refractivity contribution in [2.24, 2.45) is 5.92 Å². The van der Waals surface area contributed by atoms with E-state index < -0.39 is 0 Å². The molecule has 0 spiro atoms. The summed E-state index contributed by atoms with van der Waals surface area (Å²) < 4.78 is 16.7. The highest BCUT2D eigenvalue weighted by Crippen LogP contribution is 2.43. The monoisotopic (exact) mass is 513 g/mol. The normalized spacial score (nSPS) is 17.2. The highest BCUT2D eigenvalue weighted by Gasteiger charge is 2.42. The number of aromatic nitrogens is 2. The van der Waals surface area contributed by atoms with Gasteiger partial charge in [-0.25, -0.2) is 4.39 Å². The van der Waals surface area contributed by atoms with E-state index in [2.05, 4.69) is 15.6 Å². The van der Waals surface area contributed by atoms with E-state index in [0.717, 1.165) is 28.3 Å². The maximum absolute atomic E-state index is 14.9. The number of carbonyl (C=O) groups is 1. The van der Waals surface area contributed by atoms with E-state index in [1.54, 1.807) is 18.3 Å². The first kappa shape index (κ1) is 24.6. The third kappa shape index (κ3) is 4.72. The van der Waals surface area contributed by atoms with Gasteiger partial charge in [0.1, 0.15) is 11.9 Å². The topological polar surface area (TPSA) is 62.2 Å². The lowest BCUT2D eigenvalue weighted by atomic mass is 10.00. The number of hydrogen-bond acceptors (Lipinski definition) is 3. The average molecular weight is 514 g/mol.